The first-order valence-electron chi connectivity index (χ1n) is 7.25. The number of piperidine rings is 1. The maximum atomic E-state index is 11.7. The summed E-state index contributed by atoms with van der Waals surface area (Å²) in [6, 6.07) is 5.14. The third-order valence-electron chi connectivity index (χ3n) is 3.62. The molecule has 0 aliphatic carbocycles. The highest BCUT2D eigenvalue weighted by atomic mass is 35.5. The van der Waals surface area contributed by atoms with Gasteiger partial charge < -0.3 is 4.90 Å². The molecule has 0 bridgehead atoms. The molecule has 1 heterocycles. The van der Waals surface area contributed by atoms with Crippen molar-refractivity contribution in [1.82, 2.24) is 5.43 Å². The molecular weight excluding hydrogens is 309 g/mol. The summed E-state index contributed by atoms with van der Waals surface area (Å²) in [5, 5.41) is 5.02. The highest BCUT2D eigenvalue weighted by molar-refractivity contribution is 6.36. The SMILES string of the molecule is O=C(CC[NH+]1CCCCC1)N/N=C\c1ccc(Cl)cc1Cl. The number of benzene rings is 1. The van der Waals surface area contributed by atoms with E-state index in [1.807, 2.05) is 0 Å². The fraction of sp³-hybridized carbons (Fsp3) is 0.467. The molecule has 1 aliphatic rings. The number of hydrogen-bond acceptors (Lipinski definition) is 2. The van der Waals surface area contributed by atoms with E-state index in [1.54, 1.807) is 18.2 Å². The second-order valence-corrected chi connectivity index (χ2v) is 6.11. The van der Waals surface area contributed by atoms with Gasteiger partial charge in [-0.3, -0.25) is 4.79 Å². The van der Waals surface area contributed by atoms with Crippen LogP contribution in [0.3, 0.4) is 0 Å². The third kappa shape index (κ3) is 5.65. The van der Waals surface area contributed by atoms with Crippen LogP contribution in [-0.2, 0) is 4.79 Å². The van der Waals surface area contributed by atoms with Crippen LogP contribution in [0.4, 0.5) is 0 Å². The van der Waals surface area contributed by atoms with Crippen molar-refractivity contribution in [2.45, 2.75) is 25.7 Å². The minimum absolute atomic E-state index is 0.0607. The van der Waals surface area contributed by atoms with Gasteiger partial charge >= 0.3 is 0 Å². The average molecular weight is 329 g/mol. The van der Waals surface area contributed by atoms with E-state index in [9.17, 15) is 4.79 Å². The van der Waals surface area contributed by atoms with E-state index in [1.165, 1.54) is 43.5 Å². The molecule has 114 valence electrons. The van der Waals surface area contributed by atoms with Crippen LogP contribution in [0, 0.1) is 0 Å². The van der Waals surface area contributed by atoms with Crippen LogP contribution in [0.2, 0.25) is 10.0 Å². The number of nitrogens with one attached hydrogen (secondary N) is 2. The second kappa shape index (κ2) is 8.37. The van der Waals surface area contributed by atoms with Gasteiger partial charge in [0.05, 0.1) is 37.3 Å². The summed E-state index contributed by atoms with van der Waals surface area (Å²) >= 11 is 11.8. The number of carbonyl (C=O) groups is 1. The molecule has 0 radical (unpaired) electrons. The summed E-state index contributed by atoms with van der Waals surface area (Å²) in [7, 11) is 0. The molecule has 0 atom stereocenters. The van der Waals surface area contributed by atoms with Gasteiger partial charge in [-0.25, -0.2) is 5.43 Å². The molecule has 0 unspecified atom stereocenters. The van der Waals surface area contributed by atoms with E-state index >= 15 is 0 Å². The minimum atomic E-state index is -0.0607. The third-order valence-corrected chi connectivity index (χ3v) is 4.18. The van der Waals surface area contributed by atoms with Crippen LogP contribution in [0.25, 0.3) is 0 Å². The Kier molecular flexibility index (Phi) is 6.49. The number of halogens is 2. The summed E-state index contributed by atoms with van der Waals surface area (Å²) in [5.41, 5.74) is 3.26. The van der Waals surface area contributed by atoms with Crippen LogP contribution in [-0.4, -0.2) is 31.8 Å². The van der Waals surface area contributed by atoms with Crippen molar-refractivity contribution in [3.63, 3.8) is 0 Å². The molecule has 4 nitrogen and oxygen atoms in total. The summed E-state index contributed by atoms with van der Waals surface area (Å²) < 4.78 is 0. The number of likely N-dealkylation sites (tertiary alicyclic amines) is 1. The van der Waals surface area contributed by atoms with Crippen LogP contribution in [0.1, 0.15) is 31.2 Å². The monoisotopic (exact) mass is 328 g/mol. The molecular formula is C15H20Cl2N3O+. The fourth-order valence-electron chi connectivity index (χ4n) is 2.43. The largest absolute Gasteiger partial charge is 0.335 e. The molecule has 0 saturated carbocycles. The smallest absolute Gasteiger partial charge is 0.245 e. The molecule has 0 spiro atoms. The normalized spacial score (nSPS) is 16.3. The van der Waals surface area contributed by atoms with Crippen LogP contribution in [0.15, 0.2) is 23.3 Å². The molecule has 1 aliphatic heterocycles. The molecule has 1 aromatic carbocycles. The topological polar surface area (TPSA) is 45.9 Å². The Balaban J connectivity index is 1.73. The lowest BCUT2D eigenvalue weighted by molar-refractivity contribution is -0.904. The van der Waals surface area contributed by atoms with Gasteiger partial charge in [0.25, 0.3) is 0 Å². The number of quaternary nitrogens is 1. The Morgan fingerprint density at radius 2 is 2.05 bits per heavy atom. The lowest BCUT2D eigenvalue weighted by Gasteiger charge is -2.22. The Bertz CT molecular complexity index is 514. The van der Waals surface area contributed by atoms with Gasteiger partial charge in [-0.05, 0) is 31.4 Å². The number of carbonyl (C=O) groups excluding carboxylic acids is 1. The zero-order chi connectivity index (χ0) is 15.1. The minimum Gasteiger partial charge on any atom is -0.335 e. The van der Waals surface area contributed by atoms with E-state index in [-0.39, 0.29) is 5.91 Å². The van der Waals surface area contributed by atoms with Crippen molar-refractivity contribution in [3.05, 3.63) is 33.8 Å². The Morgan fingerprint density at radius 3 is 2.76 bits per heavy atom. The molecule has 1 fully saturated rings. The van der Waals surface area contributed by atoms with Gasteiger partial charge in [-0.2, -0.15) is 5.10 Å². The summed E-state index contributed by atoms with van der Waals surface area (Å²) in [5.74, 6) is -0.0607. The summed E-state index contributed by atoms with van der Waals surface area (Å²) in [4.78, 5) is 13.2. The standard InChI is InChI=1S/C15H19Cl2N3O/c16-13-5-4-12(14(17)10-13)11-18-19-15(21)6-9-20-7-2-1-3-8-20/h4-5,10-11H,1-3,6-9H2,(H,19,21)/p+1/b18-11-. The van der Waals surface area contributed by atoms with Crippen molar-refractivity contribution < 1.29 is 9.69 Å². The Hall–Kier alpha value is -1.10. The quantitative estimate of drug-likeness (QED) is 0.629. The van der Waals surface area contributed by atoms with Crippen molar-refractivity contribution in [2.24, 2.45) is 5.10 Å². The maximum Gasteiger partial charge on any atom is 0.245 e. The maximum absolute atomic E-state index is 11.7. The summed E-state index contributed by atoms with van der Waals surface area (Å²) in [6.45, 7) is 3.23. The molecule has 2 rings (SSSR count). The molecule has 0 aromatic heterocycles. The van der Waals surface area contributed by atoms with Gasteiger partial charge in [-0.15, -0.1) is 0 Å². The van der Waals surface area contributed by atoms with E-state index in [2.05, 4.69) is 10.5 Å². The zero-order valence-corrected chi connectivity index (χ0v) is 13.4. The lowest BCUT2D eigenvalue weighted by atomic mass is 10.1. The first-order valence-corrected chi connectivity index (χ1v) is 8.01. The number of hydrogen-bond donors (Lipinski definition) is 2. The Labute approximate surface area is 135 Å². The molecule has 21 heavy (non-hydrogen) atoms. The van der Waals surface area contributed by atoms with E-state index < -0.39 is 0 Å². The predicted octanol–water partition coefficient (Wildman–Crippen LogP) is 1.90. The molecule has 1 amide bonds. The van der Waals surface area contributed by atoms with Gasteiger partial charge in [0, 0.05) is 10.6 Å². The average Bonchev–Trinajstić information content (AvgIpc) is 2.48. The summed E-state index contributed by atoms with van der Waals surface area (Å²) in [6.07, 6.45) is 5.89. The molecule has 1 saturated heterocycles. The highest BCUT2D eigenvalue weighted by Gasteiger charge is 2.14. The predicted molar refractivity (Wildman–Crippen MR) is 86.2 cm³/mol. The van der Waals surface area contributed by atoms with Crippen LogP contribution < -0.4 is 10.3 Å². The van der Waals surface area contributed by atoms with Gasteiger partial charge in [0.2, 0.25) is 5.91 Å². The van der Waals surface area contributed by atoms with Crippen molar-refractivity contribution in [1.29, 1.82) is 0 Å². The zero-order valence-electron chi connectivity index (χ0n) is 11.9. The van der Waals surface area contributed by atoms with Crippen LogP contribution in [0.5, 0.6) is 0 Å². The van der Waals surface area contributed by atoms with Gasteiger partial charge in [0.1, 0.15) is 0 Å². The van der Waals surface area contributed by atoms with Crippen LogP contribution >= 0.6 is 23.2 Å². The van der Waals surface area contributed by atoms with Gasteiger partial charge in [0.15, 0.2) is 0 Å². The van der Waals surface area contributed by atoms with Crippen molar-refractivity contribution >= 4 is 35.3 Å². The number of nitrogens with zero attached hydrogens (tertiary/aromatic N) is 1. The van der Waals surface area contributed by atoms with E-state index in [0.29, 0.717) is 16.5 Å². The molecule has 2 N–H and O–H groups in total. The fourth-order valence-corrected chi connectivity index (χ4v) is 2.89. The van der Waals surface area contributed by atoms with E-state index in [4.69, 9.17) is 23.2 Å². The van der Waals surface area contributed by atoms with E-state index in [0.717, 1.165) is 12.1 Å². The number of amides is 1. The van der Waals surface area contributed by atoms with Crippen molar-refractivity contribution in [2.75, 3.05) is 19.6 Å². The van der Waals surface area contributed by atoms with Crippen molar-refractivity contribution in [3.8, 4) is 0 Å². The lowest BCUT2D eigenvalue weighted by Crippen LogP contribution is -3.12. The first kappa shape index (κ1) is 16.3. The highest BCUT2D eigenvalue weighted by Crippen LogP contribution is 2.19. The number of rotatable bonds is 5. The number of hydrazone groups is 1. The van der Waals surface area contributed by atoms with Gasteiger partial charge in [-0.1, -0.05) is 29.3 Å². The Morgan fingerprint density at radius 1 is 1.29 bits per heavy atom. The first-order chi connectivity index (χ1) is 10.1. The molecule has 1 aromatic rings. The second-order valence-electron chi connectivity index (χ2n) is 5.27. The molecule has 6 heteroatoms.